The maximum atomic E-state index is 10.9. The van der Waals surface area contributed by atoms with Gasteiger partial charge in [0.2, 0.25) is 0 Å². The van der Waals surface area contributed by atoms with Gasteiger partial charge >= 0.3 is 0 Å². The second-order valence-electron chi connectivity index (χ2n) is 2.96. The maximum Gasteiger partial charge on any atom is 0.268 e. The Morgan fingerprint density at radius 3 is 2.67 bits per heavy atom. The van der Waals surface area contributed by atoms with Gasteiger partial charge in [-0.1, -0.05) is 23.7 Å². The molecule has 80 valence electrons. The quantitative estimate of drug-likeness (QED) is 0.600. The van der Waals surface area contributed by atoms with Crippen LogP contribution >= 0.6 is 11.6 Å². The molecule has 1 aromatic carbocycles. The number of amides is 1. The molecule has 0 radical (unpaired) electrons. The number of benzene rings is 1. The lowest BCUT2D eigenvalue weighted by Crippen LogP contribution is -2.28. The normalized spacial score (nSPS) is 12.7. The number of hydrogen-bond acceptors (Lipinski definition) is 3. The molecule has 0 aliphatic rings. The largest absolute Gasteiger partial charge is 0.383 e. The molecular formula is C10H11ClN2O2. The first-order chi connectivity index (χ1) is 7.09. The number of halogens is 1. The summed E-state index contributed by atoms with van der Waals surface area (Å²) < 4.78 is 0. The van der Waals surface area contributed by atoms with E-state index in [-0.39, 0.29) is 0 Å². The lowest BCUT2D eigenvalue weighted by molar-refractivity contribution is -0.128. The van der Waals surface area contributed by atoms with E-state index in [2.05, 4.69) is 10.5 Å². The van der Waals surface area contributed by atoms with Gasteiger partial charge in [-0.05, 0) is 24.6 Å². The average Bonchev–Trinajstić information content (AvgIpc) is 2.20. The van der Waals surface area contributed by atoms with Gasteiger partial charge < -0.3 is 5.11 Å². The van der Waals surface area contributed by atoms with E-state index in [1.165, 1.54) is 13.1 Å². The Balaban J connectivity index is 2.51. The molecule has 1 rings (SSSR count). The molecule has 4 nitrogen and oxygen atoms in total. The molecular weight excluding hydrogens is 216 g/mol. The number of hydrogen-bond donors (Lipinski definition) is 2. The van der Waals surface area contributed by atoms with Gasteiger partial charge in [0.15, 0.2) is 0 Å². The van der Waals surface area contributed by atoms with Crippen LogP contribution in [0.4, 0.5) is 0 Å². The van der Waals surface area contributed by atoms with E-state index in [1.807, 2.05) is 0 Å². The van der Waals surface area contributed by atoms with Crippen LogP contribution in [0.15, 0.2) is 29.4 Å². The molecule has 0 heterocycles. The predicted octanol–water partition coefficient (Wildman–Crippen LogP) is 1.17. The van der Waals surface area contributed by atoms with E-state index < -0.39 is 12.0 Å². The topological polar surface area (TPSA) is 61.7 Å². The number of nitrogens with one attached hydrogen (secondary N) is 1. The SMILES string of the molecule is C[C@@H](O)C(=O)N/N=C\c1ccc(Cl)cc1. The molecule has 0 spiro atoms. The number of nitrogens with zero attached hydrogens (tertiary/aromatic N) is 1. The van der Waals surface area contributed by atoms with Crippen LogP contribution in [0, 0.1) is 0 Å². The van der Waals surface area contributed by atoms with Gasteiger partial charge in [-0.25, -0.2) is 5.43 Å². The summed E-state index contributed by atoms with van der Waals surface area (Å²) in [7, 11) is 0. The second-order valence-corrected chi connectivity index (χ2v) is 3.40. The zero-order valence-corrected chi connectivity index (χ0v) is 8.90. The smallest absolute Gasteiger partial charge is 0.268 e. The summed E-state index contributed by atoms with van der Waals surface area (Å²) >= 11 is 5.69. The molecule has 0 unspecified atom stereocenters. The van der Waals surface area contributed by atoms with Gasteiger partial charge in [0.1, 0.15) is 6.10 Å². The summed E-state index contributed by atoms with van der Waals surface area (Å²) in [5.41, 5.74) is 3.00. The number of hydrazone groups is 1. The molecule has 0 saturated heterocycles. The maximum absolute atomic E-state index is 10.9. The Hall–Kier alpha value is -1.39. The number of aliphatic hydroxyl groups is 1. The minimum Gasteiger partial charge on any atom is -0.383 e. The van der Waals surface area contributed by atoms with E-state index in [4.69, 9.17) is 16.7 Å². The van der Waals surface area contributed by atoms with E-state index in [1.54, 1.807) is 24.3 Å². The van der Waals surface area contributed by atoms with Crippen LogP contribution in [0.25, 0.3) is 0 Å². The van der Waals surface area contributed by atoms with Gasteiger partial charge in [-0.2, -0.15) is 5.10 Å². The molecule has 5 heteroatoms. The highest BCUT2D eigenvalue weighted by Gasteiger charge is 2.05. The van der Waals surface area contributed by atoms with Crippen LogP contribution in [0.1, 0.15) is 12.5 Å². The van der Waals surface area contributed by atoms with E-state index >= 15 is 0 Å². The van der Waals surface area contributed by atoms with Crippen LogP contribution in [0.5, 0.6) is 0 Å². The molecule has 2 N–H and O–H groups in total. The van der Waals surface area contributed by atoms with Crippen molar-refractivity contribution in [2.75, 3.05) is 0 Å². The van der Waals surface area contributed by atoms with Crippen LogP contribution in [-0.2, 0) is 4.79 Å². The summed E-state index contributed by atoms with van der Waals surface area (Å²) in [6, 6.07) is 6.97. The zero-order chi connectivity index (χ0) is 11.3. The van der Waals surface area contributed by atoms with Crippen LogP contribution in [0.2, 0.25) is 5.02 Å². The van der Waals surface area contributed by atoms with Gasteiger partial charge in [0.05, 0.1) is 6.21 Å². The van der Waals surface area contributed by atoms with Gasteiger partial charge in [-0.15, -0.1) is 0 Å². The Morgan fingerprint density at radius 1 is 1.53 bits per heavy atom. The van der Waals surface area contributed by atoms with Crippen molar-refractivity contribution in [3.63, 3.8) is 0 Å². The van der Waals surface area contributed by atoms with Gasteiger partial charge in [-0.3, -0.25) is 4.79 Å². The fourth-order valence-electron chi connectivity index (χ4n) is 0.813. The fourth-order valence-corrected chi connectivity index (χ4v) is 0.939. The van der Waals surface area contributed by atoms with E-state index in [0.29, 0.717) is 5.02 Å². The highest BCUT2D eigenvalue weighted by molar-refractivity contribution is 6.30. The van der Waals surface area contributed by atoms with Crippen LogP contribution in [0.3, 0.4) is 0 Å². The number of carbonyl (C=O) groups is 1. The average molecular weight is 227 g/mol. The number of aliphatic hydroxyl groups excluding tert-OH is 1. The van der Waals surface area contributed by atoms with Crippen molar-refractivity contribution in [1.29, 1.82) is 0 Å². The summed E-state index contributed by atoms with van der Waals surface area (Å²) in [5, 5.41) is 13.2. The lowest BCUT2D eigenvalue weighted by Gasteiger charge is -2.00. The minimum atomic E-state index is -1.06. The molecule has 0 fully saturated rings. The lowest BCUT2D eigenvalue weighted by atomic mass is 10.2. The van der Waals surface area contributed by atoms with Crippen LogP contribution < -0.4 is 5.43 Å². The highest BCUT2D eigenvalue weighted by atomic mass is 35.5. The molecule has 1 atom stereocenters. The molecule has 15 heavy (non-hydrogen) atoms. The van der Waals surface area contributed by atoms with Crippen molar-refractivity contribution >= 4 is 23.7 Å². The summed E-state index contributed by atoms with van der Waals surface area (Å²) in [5.74, 6) is -0.541. The molecule has 0 aliphatic carbocycles. The molecule has 1 amide bonds. The predicted molar refractivity (Wildman–Crippen MR) is 58.9 cm³/mol. The number of rotatable bonds is 3. The first-order valence-electron chi connectivity index (χ1n) is 4.36. The van der Waals surface area contributed by atoms with Crippen LogP contribution in [-0.4, -0.2) is 23.3 Å². The third-order valence-electron chi connectivity index (χ3n) is 1.64. The van der Waals surface area contributed by atoms with Crippen molar-refractivity contribution in [3.8, 4) is 0 Å². The Bertz CT molecular complexity index is 360. The van der Waals surface area contributed by atoms with Gasteiger partial charge in [0, 0.05) is 5.02 Å². The first-order valence-corrected chi connectivity index (χ1v) is 4.74. The molecule has 0 bridgehead atoms. The zero-order valence-electron chi connectivity index (χ0n) is 8.14. The summed E-state index contributed by atoms with van der Waals surface area (Å²) in [4.78, 5) is 10.9. The molecule has 0 aromatic heterocycles. The molecule has 1 aromatic rings. The monoisotopic (exact) mass is 226 g/mol. The van der Waals surface area contributed by atoms with Crippen molar-refractivity contribution in [3.05, 3.63) is 34.9 Å². The Morgan fingerprint density at radius 2 is 2.13 bits per heavy atom. The highest BCUT2D eigenvalue weighted by Crippen LogP contribution is 2.07. The van der Waals surface area contributed by atoms with Crippen molar-refractivity contribution in [2.45, 2.75) is 13.0 Å². The molecule has 0 saturated carbocycles. The number of carbonyl (C=O) groups excluding carboxylic acids is 1. The fraction of sp³-hybridized carbons (Fsp3) is 0.200. The van der Waals surface area contributed by atoms with E-state index in [9.17, 15) is 4.79 Å². The Kier molecular flexibility index (Phi) is 4.27. The minimum absolute atomic E-state index is 0.541. The Labute approximate surface area is 92.6 Å². The second kappa shape index (κ2) is 5.48. The third-order valence-corrected chi connectivity index (χ3v) is 1.89. The summed E-state index contributed by atoms with van der Waals surface area (Å²) in [6.45, 7) is 1.37. The molecule has 0 aliphatic heterocycles. The van der Waals surface area contributed by atoms with Crippen molar-refractivity contribution < 1.29 is 9.90 Å². The standard InChI is InChI=1S/C10H11ClN2O2/c1-7(14)10(15)13-12-6-8-2-4-9(11)5-3-8/h2-7,14H,1H3,(H,13,15)/b12-6-/t7-/m1/s1. The first kappa shape index (κ1) is 11.7. The van der Waals surface area contributed by atoms with Crippen molar-refractivity contribution in [2.24, 2.45) is 5.10 Å². The van der Waals surface area contributed by atoms with Gasteiger partial charge in [0.25, 0.3) is 5.91 Å². The van der Waals surface area contributed by atoms with Crippen molar-refractivity contribution in [1.82, 2.24) is 5.43 Å². The van der Waals surface area contributed by atoms with E-state index in [0.717, 1.165) is 5.56 Å². The third kappa shape index (κ3) is 4.10. The summed E-state index contributed by atoms with van der Waals surface area (Å²) in [6.07, 6.45) is 0.406.